The molecule has 1 aliphatic rings. The molecule has 8 heteroatoms. The second-order valence-corrected chi connectivity index (χ2v) is 8.48. The fourth-order valence-corrected chi connectivity index (χ4v) is 4.85. The van der Waals surface area contributed by atoms with Crippen molar-refractivity contribution in [1.82, 2.24) is 24.3 Å². The molecule has 0 N–H and O–H groups in total. The lowest BCUT2D eigenvalue weighted by Crippen LogP contribution is -2.07. The number of nitrogens with zero attached hydrogens (tertiary/aromatic N) is 6. The molecule has 1 aliphatic heterocycles. The van der Waals surface area contributed by atoms with Crippen molar-refractivity contribution in [3.05, 3.63) is 80.7 Å². The van der Waals surface area contributed by atoms with Gasteiger partial charge in [0.1, 0.15) is 23.1 Å². The quantitative estimate of drug-likeness (QED) is 0.426. The van der Waals surface area contributed by atoms with E-state index in [0.717, 1.165) is 49.6 Å². The normalized spacial score (nSPS) is 12.5. The van der Waals surface area contributed by atoms with E-state index in [1.165, 1.54) is 0 Å². The first-order chi connectivity index (χ1) is 14.5. The van der Waals surface area contributed by atoms with Gasteiger partial charge in [-0.2, -0.15) is 0 Å². The van der Waals surface area contributed by atoms with E-state index >= 15 is 0 Å². The number of aromatic nitrogens is 5. The fraction of sp³-hybridized carbons (Fsp3) is 0.182. The maximum absolute atomic E-state index is 6.11. The molecule has 0 saturated heterocycles. The highest BCUT2D eigenvalue weighted by atomic mass is 35.5. The number of hydrogen-bond donors (Lipinski definition) is 0. The summed E-state index contributed by atoms with van der Waals surface area (Å²) in [4.78, 5) is 10.0. The molecule has 3 aromatic heterocycles. The zero-order valence-corrected chi connectivity index (χ0v) is 18.2. The van der Waals surface area contributed by atoms with Gasteiger partial charge in [0.15, 0.2) is 5.82 Å². The van der Waals surface area contributed by atoms with Crippen molar-refractivity contribution >= 4 is 28.6 Å². The fourth-order valence-electron chi connectivity index (χ4n) is 3.50. The molecule has 5 rings (SSSR count). The first-order valence-electron chi connectivity index (χ1n) is 9.36. The molecule has 0 fully saturated rings. The third kappa shape index (κ3) is 3.05. The van der Waals surface area contributed by atoms with Crippen molar-refractivity contribution in [2.24, 2.45) is 12.0 Å². The Hall–Kier alpha value is -3.21. The second-order valence-electron chi connectivity index (χ2n) is 7.05. The lowest BCUT2D eigenvalue weighted by Gasteiger charge is -2.09. The molecule has 148 valence electrons. The molecular weight excluding hydrogens is 416 g/mol. The molecule has 0 saturated carbocycles. The zero-order valence-electron chi connectivity index (χ0n) is 16.6. The summed E-state index contributed by atoms with van der Waals surface area (Å²) in [6, 6.07) is 7.78. The van der Waals surface area contributed by atoms with Gasteiger partial charge in [-0.25, -0.2) is 4.98 Å². The van der Waals surface area contributed by atoms with E-state index in [1.54, 1.807) is 23.9 Å². The Morgan fingerprint density at radius 2 is 1.90 bits per heavy atom. The van der Waals surface area contributed by atoms with Crippen LogP contribution in [0.25, 0.3) is 5.00 Å². The Balaban J connectivity index is 1.72. The molecule has 6 nitrogen and oxygen atoms in total. The van der Waals surface area contributed by atoms with Crippen molar-refractivity contribution in [2.45, 2.75) is 20.4 Å². The molecular formula is C22H17ClN6S. The average molecular weight is 433 g/mol. The number of imidazole rings is 1. The van der Waals surface area contributed by atoms with Gasteiger partial charge in [-0.05, 0) is 43.4 Å². The zero-order chi connectivity index (χ0) is 20.8. The lowest BCUT2D eigenvalue weighted by atomic mass is 10.00. The van der Waals surface area contributed by atoms with Crippen LogP contribution in [0.3, 0.4) is 0 Å². The topological polar surface area (TPSA) is 60.9 Å². The van der Waals surface area contributed by atoms with E-state index < -0.39 is 0 Å². The summed E-state index contributed by atoms with van der Waals surface area (Å²) in [6.45, 7) is 4.53. The van der Waals surface area contributed by atoms with Crippen molar-refractivity contribution < 1.29 is 0 Å². The maximum Gasteiger partial charge on any atom is 0.160 e. The first-order valence-corrected chi connectivity index (χ1v) is 10.6. The van der Waals surface area contributed by atoms with Gasteiger partial charge in [0.25, 0.3) is 0 Å². The summed E-state index contributed by atoms with van der Waals surface area (Å²) in [5.74, 6) is 8.23. The highest BCUT2D eigenvalue weighted by Gasteiger charge is 2.27. The van der Waals surface area contributed by atoms with Crippen LogP contribution in [-0.2, 0) is 13.6 Å². The average Bonchev–Trinajstić information content (AvgIpc) is 3.37. The minimum absolute atomic E-state index is 0.468. The molecule has 0 radical (unpaired) electrons. The number of hydrogen-bond acceptors (Lipinski definition) is 5. The Kier molecular flexibility index (Phi) is 4.54. The molecule has 0 amide bonds. The van der Waals surface area contributed by atoms with Crippen molar-refractivity contribution in [3.63, 3.8) is 0 Å². The molecule has 0 spiro atoms. The van der Waals surface area contributed by atoms with E-state index in [4.69, 9.17) is 16.6 Å². The largest absolute Gasteiger partial charge is 0.327 e. The number of fused-ring (bicyclic) bond motifs is 3. The summed E-state index contributed by atoms with van der Waals surface area (Å²) in [5.41, 5.74) is 4.97. The molecule has 30 heavy (non-hydrogen) atoms. The van der Waals surface area contributed by atoms with Gasteiger partial charge in [-0.15, -0.1) is 21.5 Å². The van der Waals surface area contributed by atoms with E-state index in [2.05, 4.69) is 38.5 Å². The highest BCUT2D eigenvalue weighted by Crippen LogP contribution is 2.36. The number of thiophene rings is 1. The van der Waals surface area contributed by atoms with Crippen LogP contribution >= 0.6 is 22.9 Å². The van der Waals surface area contributed by atoms with Gasteiger partial charge in [-0.1, -0.05) is 23.7 Å². The smallest absolute Gasteiger partial charge is 0.160 e. The van der Waals surface area contributed by atoms with Crippen LogP contribution < -0.4 is 0 Å². The van der Waals surface area contributed by atoms with Crippen molar-refractivity contribution in [3.8, 4) is 16.8 Å². The van der Waals surface area contributed by atoms with E-state index in [0.29, 0.717) is 11.6 Å². The van der Waals surface area contributed by atoms with Gasteiger partial charge in [-0.3, -0.25) is 9.56 Å². The Morgan fingerprint density at radius 3 is 2.63 bits per heavy atom. The van der Waals surface area contributed by atoms with Gasteiger partial charge >= 0.3 is 0 Å². The number of halogens is 1. The van der Waals surface area contributed by atoms with Crippen LogP contribution in [0, 0.1) is 25.7 Å². The van der Waals surface area contributed by atoms with Gasteiger partial charge in [0.2, 0.25) is 0 Å². The first kappa shape index (κ1) is 18.8. The van der Waals surface area contributed by atoms with Crippen LogP contribution in [0.4, 0.5) is 0 Å². The third-order valence-electron chi connectivity index (χ3n) is 5.08. The second kappa shape index (κ2) is 7.24. The van der Waals surface area contributed by atoms with Gasteiger partial charge in [0.05, 0.1) is 23.1 Å². The number of aryl methyl sites for hydroxylation is 2. The van der Waals surface area contributed by atoms with Crippen LogP contribution in [-0.4, -0.2) is 30.0 Å². The molecule has 4 heterocycles. The summed E-state index contributed by atoms with van der Waals surface area (Å²) < 4.78 is 4.00. The Morgan fingerprint density at radius 1 is 1.10 bits per heavy atom. The third-order valence-corrected chi connectivity index (χ3v) is 6.52. The highest BCUT2D eigenvalue weighted by molar-refractivity contribution is 7.15. The Labute approximate surface area is 182 Å². The summed E-state index contributed by atoms with van der Waals surface area (Å²) in [6.07, 6.45) is 3.52. The van der Waals surface area contributed by atoms with Crippen molar-refractivity contribution in [1.29, 1.82) is 0 Å². The standard InChI is InChI=1S/C22H17ClN6S/c1-13-18(9-8-17-10-24-12-28(17)3)30-22-20(13)21(15-4-6-16(23)7-5-15)25-11-19-27-26-14(2)29(19)22/h4-7,10,12H,11H2,1-3H3. The summed E-state index contributed by atoms with van der Waals surface area (Å²) in [5, 5.41) is 10.4. The molecule has 1 aromatic carbocycles. The Bertz CT molecular complexity index is 1360. The van der Waals surface area contributed by atoms with Crippen LogP contribution in [0.15, 0.2) is 41.8 Å². The van der Waals surface area contributed by atoms with E-state index in [1.807, 2.05) is 42.8 Å². The van der Waals surface area contributed by atoms with Gasteiger partial charge in [0, 0.05) is 23.2 Å². The van der Waals surface area contributed by atoms with E-state index in [9.17, 15) is 0 Å². The predicted octanol–water partition coefficient (Wildman–Crippen LogP) is 4.08. The number of rotatable bonds is 1. The minimum atomic E-state index is 0.468. The SMILES string of the molecule is Cc1c(C#Cc2cncn2C)sc2c1C(c1ccc(Cl)cc1)=NCc1nnc(C)n1-2. The molecule has 0 aliphatic carbocycles. The number of benzene rings is 1. The number of aliphatic imine (C=N–C) groups is 1. The van der Waals surface area contributed by atoms with Gasteiger partial charge < -0.3 is 4.57 Å². The molecule has 4 aromatic rings. The molecule has 0 atom stereocenters. The molecule has 0 bridgehead atoms. The summed E-state index contributed by atoms with van der Waals surface area (Å²) >= 11 is 7.75. The van der Waals surface area contributed by atoms with Crippen LogP contribution in [0.2, 0.25) is 5.02 Å². The van der Waals surface area contributed by atoms with E-state index in [-0.39, 0.29) is 0 Å². The maximum atomic E-state index is 6.11. The van der Waals surface area contributed by atoms with Crippen molar-refractivity contribution in [2.75, 3.05) is 0 Å². The lowest BCUT2D eigenvalue weighted by molar-refractivity contribution is 0.869. The van der Waals surface area contributed by atoms with Crippen LogP contribution in [0.1, 0.15) is 38.9 Å². The predicted molar refractivity (Wildman–Crippen MR) is 119 cm³/mol. The minimum Gasteiger partial charge on any atom is -0.327 e. The summed E-state index contributed by atoms with van der Waals surface area (Å²) in [7, 11) is 1.94. The molecule has 0 unspecified atom stereocenters. The van der Waals surface area contributed by atoms with Crippen LogP contribution in [0.5, 0.6) is 0 Å². The monoisotopic (exact) mass is 432 g/mol.